The highest BCUT2D eigenvalue weighted by atomic mass is 32.2. The summed E-state index contributed by atoms with van der Waals surface area (Å²) in [4.78, 5) is 9.65. The van der Waals surface area contributed by atoms with Crippen LogP contribution in [0.5, 0.6) is 0 Å². The molecule has 17 heteroatoms. The molecule has 0 saturated heterocycles. The van der Waals surface area contributed by atoms with E-state index >= 15 is 0 Å². The van der Waals surface area contributed by atoms with Crippen LogP contribution in [0.2, 0.25) is 0 Å². The van der Waals surface area contributed by atoms with E-state index in [0.29, 0.717) is 22.6 Å². The van der Waals surface area contributed by atoms with Crippen molar-refractivity contribution in [3.8, 4) is 0 Å². The van der Waals surface area contributed by atoms with Crippen molar-refractivity contribution in [3.05, 3.63) is 213 Å². The Hall–Kier alpha value is -5.72. The number of benzene rings is 7. The average molecular weight is 1000 g/mol. The molecular weight excluding hydrogens is 962 g/mol. The number of sulfone groups is 1. The van der Waals surface area contributed by atoms with E-state index in [9.17, 15) is 43.5 Å². The molecular formula is C52H42BF8NO4S3. The highest BCUT2D eigenvalue weighted by Gasteiger charge is 2.36. The van der Waals surface area contributed by atoms with E-state index in [0.717, 1.165) is 53.4 Å². The minimum atomic E-state index is -4.84. The molecule has 1 atom stereocenters. The molecule has 2 heterocycles. The highest BCUT2D eigenvalue weighted by molar-refractivity contribution is 7.99. The van der Waals surface area contributed by atoms with E-state index in [4.69, 9.17) is 10.0 Å². The fraction of sp³-hybridized carbons (Fsp3) is 0.173. The van der Waals surface area contributed by atoms with Crippen LogP contribution in [0.25, 0.3) is 0 Å². The number of nitrogens with zero attached hydrogens (tertiary/aromatic N) is 1. The topological polar surface area (TPSA) is 87.0 Å². The van der Waals surface area contributed by atoms with Crippen molar-refractivity contribution in [3.63, 3.8) is 0 Å². The molecule has 69 heavy (non-hydrogen) atoms. The first-order chi connectivity index (χ1) is 32.6. The molecule has 5 nitrogen and oxygen atoms in total. The van der Waals surface area contributed by atoms with Gasteiger partial charge in [0.1, 0.15) is 17.5 Å². The van der Waals surface area contributed by atoms with Crippen molar-refractivity contribution in [2.75, 3.05) is 5.88 Å². The first-order valence-corrected chi connectivity index (χ1v) is 24.5. The van der Waals surface area contributed by atoms with Gasteiger partial charge in [-0.3, -0.25) is 4.99 Å². The lowest BCUT2D eigenvalue weighted by atomic mass is 9.79. The normalized spacial score (nSPS) is 13.6. The Morgan fingerprint density at radius 2 is 1.10 bits per heavy atom. The van der Waals surface area contributed by atoms with Crippen molar-refractivity contribution in [1.82, 2.24) is 0 Å². The number of fused-ring (bicyclic) bond motifs is 4. The lowest BCUT2D eigenvalue weighted by Crippen LogP contribution is -2.31. The maximum absolute atomic E-state index is 13.6. The fourth-order valence-corrected chi connectivity index (χ4v) is 10.7. The molecule has 0 bridgehead atoms. The van der Waals surface area contributed by atoms with Crippen molar-refractivity contribution >= 4 is 51.7 Å². The Morgan fingerprint density at radius 3 is 1.67 bits per heavy atom. The summed E-state index contributed by atoms with van der Waals surface area (Å²) in [7, 11) is -5.47. The number of aliphatic imine (C=N–C) groups is 1. The lowest BCUT2D eigenvalue weighted by molar-refractivity contribution is -0.140. The summed E-state index contributed by atoms with van der Waals surface area (Å²) < 4.78 is 127. The first-order valence-electron chi connectivity index (χ1n) is 21.2. The Balaban J connectivity index is 0.000000162. The number of halogens is 8. The van der Waals surface area contributed by atoms with E-state index < -0.39 is 57.5 Å². The van der Waals surface area contributed by atoms with Crippen LogP contribution in [-0.2, 0) is 35.0 Å². The SMILES string of the molecule is CC(=NCS(=O)(=O)c1ccc(C)cc1)c1ccc2c(c1)Cc1ccccc1S2.CC(c1ccc2c(c1)Cc1ccccc1S2)c1ccc(F)c(C(F)(F)F)c1.OB(O)c1ccc(F)c(C(F)(F)F)c1. The van der Waals surface area contributed by atoms with Crippen LogP contribution in [0.1, 0.15) is 75.4 Å². The molecule has 0 saturated carbocycles. The molecule has 356 valence electrons. The van der Waals surface area contributed by atoms with Crippen LogP contribution in [-0.4, -0.2) is 37.2 Å². The van der Waals surface area contributed by atoms with Gasteiger partial charge in [0, 0.05) is 31.2 Å². The van der Waals surface area contributed by atoms with E-state index in [1.165, 1.54) is 47.9 Å². The minimum absolute atomic E-state index is 0.240. The molecule has 2 aliphatic heterocycles. The van der Waals surface area contributed by atoms with Crippen LogP contribution in [0.3, 0.4) is 0 Å². The van der Waals surface area contributed by atoms with Crippen molar-refractivity contribution in [1.29, 1.82) is 0 Å². The average Bonchev–Trinajstić information content (AvgIpc) is 3.31. The molecule has 1 unspecified atom stereocenters. The molecule has 7 aromatic rings. The van der Waals surface area contributed by atoms with Gasteiger partial charge in [-0.15, -0.1) is 0 Å². The van der Waals surface area contributed by atoms with Gasteiger partial charge in [-0.25, -0.2) is 17.2 Å². The summed E-state index contributed by atoms with van der Waals surface area (Å²) in [5.41, 5.74) is 6.00. The molecule has 7 aromatic carbocycles. The van der Waals surface area contributed by atoms with Crippen LogP contribution < -0.4 is 5.46 Å². The van der Waals surface area contributed by atoms with Gasteiger partial charge in [0.2, 0.25) is 0 Å². The van der Waals surface area contributed by atoms with Crippen LogP contribution >= 0.6 is 23.5 Å². The predicted molar refractivity (Wildman–Crippen MR) is 255 cm³/mol. The molecule has 0 spiro atoms. The van der Waals surface area contributed by atoms with Crippen LogP contribution in [0.4, 0.5) is 35.1 Å². The van der Waals surface area contributed by atoms with Crippen molar-refractivity contribution < 1.29 is 53.6 Å². The monoisotopic (exact) mass is 1000 g/mol. The third-order valence-corrected chi connectivity index (χ3v) is 15.4. The number of hydrogen-bond acceptors (Lipinski definition) is 7. The molecule has 0 aliphatic carbocycles. The third kappa shape index (κ3) is 12.6. The molecule has 0 aromatic heterocycles. The second-order valence-corrected chi connectivity index (χ2v) is 20.5. The summed E-state index contributed by atoms with van der Waals surface area (Å²) in [6.45, 7) is 5.65. The van der Waals surface area contributed by atoms with E-state index in [1.54, 1.807) is 35.7 Å². The van der Waals surface area contributed by atoms with Gasteiger partial charge in [0.05, 0.1) is 16.0 Å². The second kappa shape index (κ2) is 21.1. The third-order valence-electron chi connectivity index (χ3n) is 11.5. The summed E-state index contributed by atoms with van der Waals surface area (Å²) >= 11 is 3.49. The summed E-state index contributed by atoms with van der Waals surface area (Å²) in [5, 5.41) is 17.1. The fourth-order valence-electron chi connectivity index (χ4n) is 7.53. The molecule has 9 rings (SSSR count). The Kier molecular flexibility index (Phi) is 15.6. The van der Waals surface area contributed by atoms with E-state index in [-0.39, 0.29) is 11.8 Å². The summed E-state index contributed by atoms with van der Waals surface area (Å²) in [5.74, 6) is -3.19. The summed E-state index contributed by atoms with van der Waals surface area (Å²) in [6, 6.07) is 40.9. The smallest absolute Gasteiger partial charge is 0.423 e. The molecule has 2 N–H and O–H groups in total. The molecule has 0 radical (unpaired) electrons. The van der Waals surface area contributed by atoms with Crippen molar-refractivity contribution in [2.45, 2.75) is 76.4 Å². The number of hydrogen-bond donors (Lipinski definition) is 2. The largest absolute Gasteiger partial charge is 0.488 e. The zero-order chi connectivity index (χ0) is 49.8. The first kappa shape index (κ1) is 51.1. The number of rotatable bonds is 7. The molecule has 2 aliphatic rings. The quantitative estimate of drug-likeness (QED) is 0.0940. The van der Waals surface area contributed by atoms with Gasteiger partial charge in [-0.05, 0) is 138 Å². The number of aryl methyl sites for hydroxylation is 1. The van der Waals surface area contributed by atoms with Gasteiger partial charge in [-0.2, -0.15) is 26.3 Å². The maximum Gasteiger partial charge on any atom is 0.488 e. The molecule has 0 amide bonds. The van der Waals surface area contributed by atoms with E-state index in [2.05, 4.69) is 59.6 Å². The van der Waals surface area contributed by atoms with Gasteiger partial charge in [0.15, 0.2) is 9.84 Å². The zero-order valence-corrected chi connectivity index (χ0v) is 39.5. The Morgan fingerprint density at radius 1 is 0.623 bits per heavy atom. The predicted octanol–water partition coefficient (Wildman–Crippen LogP) is 12.9. The maximum atomic E-state index is 13.6. The highest BCUT2D eigenvalue weighted by Crippen LogP contribution is 2.42. The van der Waals surface area contributed by atoms with Gasteiger partial charge in [0.25, 0.3) is 0 Å². The second-order valence-electron chi connectivity index (χ2n) is 16.3. The Bertz CT molecular complexity index is 3140. The van der Waals surface area contributed by atoms with Crippen LogP contribution in [0.15, 0.2) is 175 Å². The van der Waals surface area contributed by atoms with E-state index in [1.807, 2.05) is 63.2 Å². The van der Waals surface area contributed by atoms with Gasteiger partial charge in [-0.1, -0.05) is 115 Å². The zero-order valence-electron chi connectivity index (χ0n) is 37.0. The number of alkyl halides is 6. The Labute approximate surface area is 403 Å². The lowest BCUT2D eigenvalue weighted by Gasteiger charge is -2.22. The van der Waals surface area contributed by atoms with Crippen molar-refractivity contribution in [2.24, 2.45) is 4.99 Å². The van der Waals surface area contributed by atoms with Gasteiger partial charge < -0.3 is 10.0 Å². The van der Waals surface area contributed by atoms with Crippen LogP contribution in [0, 0.1) is 18.6 Å². The molecule has 0 fully saturated rings. The standard InChI is InChI=1S/C23H21NO2S2.C22H16F4S.C7H5BF4O2/c1-16-7-10-21(11-8-16)28(25,26)15-24-17(2)18-9-12-23-20(13-18)14-19-5-3-4-6-22(19)27-23;1-13(15-6-8-19(23)18(12-15)22(24,25)26)14-7-9-21-17(10-14)11-16-4-2-3-5-20(16)27-21;9-6-2-1-4(8(13)14)3-5(6)7(10,11)12/h3-13H,14-15H2,1-2H3;2-10,12-13H,11H2,1H3;1-3,13-14H. The minimum Gasteiger partial charge on any atom is -0.423 e. The summed E-state index contributed by atoms with van der Waals surface area (Å²) in [6.07, 6.45) is -7.84. The van der Waals surface area contributed by atoms with Gasteiger partial charge >= 0.3 is 19.5 Å².